The van der Waals surface area contributed by atoms with Gasteiger partial charge in [-0.25, -0.2) is 0 Å². The van der Waals surface area contributed by atoms with Crippen LogP contribution >= 0.6 is 24.0 Å². The highest BCUT2D eigenvalue weighted by Gasteiger charge is 2.09. The highest BCUT2D eigenvalue weighted by Crippen LogP contribution is 2.28. The molecule has 0 amide bonds. The number of ether oxygens (including phenoxy) is 3. The number of methoxy groups -OCH3 is 1. The van der Waals surface area contributed by atoms with Gasteiger partial charge in [0, 0.05) is 13.1 Å². The fraction of sp³-hybridized carbons (Fsp3) is 0.458. The summed E-state index contributed by atoms with van der Waals surface area (Å²) < 4.78 is 16.5. The van der Waals surface area contributed by atoms with Crippen molar-refractivity contribution >= 4 is 29.9 Å². The maximum absolute atomic E-state index is 10.5. The highest BCUT2D eigenvalue weighted by atomic mass is 127. The summed E-state index contributed by atoms with van der Waals surface area (Å²) in [5.41, 5.74) is 1.92. The number of benzene rings is 2. The number of nitrogens with zero attached hydrogens (tertiary/aromatic N) is 1. The first-order chi connectivity index (χ1) is 15.1. The zero-order valence-electron chi connectivity index (χ0n) is 19.4. The summed E-state index contributed by atoms with van der Waals surface area (Å²) in [6.45, 7) is 8.80. The molecule has 0 heterocycles. The predicted octanol–water partition coefficient (Wildman–Crippen LogP) is 3.94. The van der Waals surface area contributed by atoms with Crippen molar-refractivity contribution in [3.8, 4) is 17.2 Å². The molecular formula is C24H36IN3O4. The van der Waals surface area contributed by atoms with Gasteiger partial charge in [-0.15, -0.1) is 24.0 Å². The minimum absolute atomic E-state index is 0. The lowest BCUT2D eigenvalue weighted by atomic mass is 10.1. The van der Waals surface area contributed by atoms with Crippen molar-refractivity contribution in [3.05, 3.63) is 53.6 Å². The number of hydrogen-bond donors (Lipinski definition) is 3. The van der Waals surface area contributed by atoms with Gasteiger partial charge in [-0.1, -0.05) is 18.2 Å². The van der Waals surface area contributed by atoms with Crippen LogP contribution in [0.4, 0.5) is 0 Å². The number of guanidine groups is 1. The second-order valence-electron chi connectivity index (χ2n) is 6.84. The van der Waals surface area contributed by atoms with Crippen LogP contribution in [0.1, 0.15) is 38.0 Å². The number of rotatable bonds is 12. The monoisotopic (exact) mass is 557 g/mol. The Bertz CT molecular complexity index is 833. The van der Waals surface area contributed by atoms with Crippen LogP contribution in [0.15, 0.2) is 47.5 Å². The molecule has 0 aliphatic rings. The summed E-state index contributed by atoms with van der Waals surface area (Å²) in [7, 11) is 1.61. The second kappa shape index (κ2) is 15.6. The Morgan fingerprint density at radius 1 is 1.00 bits per heavy atom. The van der Waals surface area contributed by atoms with E-state index in [1.54, 1.807) is 7.11 Å². The third kappa shape index (κ3) is 9.12. The van der Waals surface area contributed by atoms with Gasteiger partial charge in [-0.3, -0.25) is 4.99 Å². The summed E-state index contributed by atoms with van der Waals surface area (Å²) in [5, 5.41) is 17.0. The van der Waals surface area contributed by atoms with Crippen LogP contribution in [-0.4, -0.2) is 51.0 Å². The predicted molar refractivity (Wildman–Crippen MR) is 140 cm³/mol. The summed E-state index contributed by atoms with van der Waals surface area (Å²) in [4.78, 5) is 4.52. The van der Waals surface area contributed by atoms with E-state index in [1.165, 1.54) is 0 Å². The number of aliphatic imine (C=N–C) groups is 1. The Balaban J connectivity index is 0.00000512. The van der Waals surface area contributed by atoms with Crippen LogP contribution in [0.3, 0.4) is 0 Å². The van der Waals surface area contributed by atoms with E-state index < -0.39 is 6.10 Å². The topological polar surface area (TPSA) is 84.3 Å². The maximum atomic E-state index is 10.5. The van der Waals surface area contributed by atoms with E-state index in [4.69, 9.17) is 14.2 Å². The van der Waals surface area contributed by atoms with Crippen LogP contribution in [0.2, 0.25) is 0 Å². The van der Waals surface area contributed by atoms with Gasteiger partial charge in [-0.05, 0) is 62.6 Å². The molecule has 0 bridgehead atoms. The van der Waals surface area contributed by atoms with Crippen molar-refractivity contribution < 1.29 is 19.3 Å². The smallest absolute Gasteiger partial charge is 0.191 e. The van der Waals surface area contributed by atoms with Gasteiger partial charge in [0.25, 0.3) is 0 Å². The Hall–Kier alpha value is -2.20. The van der Waals surface area contributed by atoms with Gasteiger partial charge in [0.05, 0.1) is 33.0 Å². The molecule has 2 aromatic rings. The summed E-state index contributed by atoms with van der Waals surface area (Å²) in [6.07, 6.45) is 0.0976. The molecule has 8 heteroatoms. The molecule has 178 valence electrons. The zero-order valence-corrected chi connectivity index (χ0v) is 21.7. The molecule has 0 saturated carbocycles. The van der Waals surface area contributed by atoms with E-state index in [1.807, 2.05) is 63.2 Å². The summed E-state index contributed by atoms with van der Waals surface area (Å²) >= 11 is 0. The van der Waals surface area contributed by atoms with Gasteiger partial charge in [0.1, 0.15) is 5.75 Å². The van der Waals surface area contributed by atoms with Crippen LogP contribution in [0.5, 0.6) is 17.2 Å². The number of halogens is 1. The molecule has 0 aromatic heterocycles. The third-order valence-electron chi connectivity index (χ3n) is 4.56. The number of aliphatic hydroxyl groups is 1. The summed E-state index contributed by atoms with van der Waals surface area (Å²) in [5.74, 6) is 2.92. The summed E-state index contributed by atoms with van der Waals surface area (Å²) in [6, 6.07) is 13.4. The van der Waals surface area contributed by atoms with Crippen LogP contribution in [0, 0.1) is 0 Å². The van der Waals surface area contributed by atoms with Crippen molar-refractivity contribution in [1.29, 1.82) is 0 Å². The van der Waals surface area contributed by atoms with Crippen molar-refractivity contribution in [1.82, 2.24) is 10.6 Å². The quantitative estimate of drug-likeness (QED) is 0.208. The SMILES string of the molecule is CCNC(=NCC(O)c1cccc(OC)c1)NCCc1ccc(OCC)c(OCC)c1.I. The first-order valence-electron chi connectivity index (χ1n) is 10.8. The molecular weight excluding hydrogens is 521 g/mol. The second-order valence-corrected chi connectivity index (χ2v) is 6.84. The average molecular weight is 557 g/mol. The van der Waals surface area contributed by atoms with Crippen LogP contribution in [0.25, 0.3) is 0 Å². The molecule has 0 aliphatic carbocycles. The van der Waals surface area contributed by atoms with E-state index in [0.717, 1.165) is 35.6 Å². The Morgan fingerprint density at radius 3 is 2.44 bits per heavy atom. The lowest BCUT2D eigenvalue weighted by Crippen LogP contribution is -2.38. The maximum Gasteiger partial charge on any atom is 0.191 e. The Morgan fingerprint density at radius 2 is 1.75 bits per heavy atom. The number of nitrogens with one attached hydrogen (secondary N) is 2. The van der Waals surface area contributed by atoms with E-state index in [0.29, 0.717) is 31.5 Å². The van der Waals surface area contributed by atoms with Crippen LogP contribution in [-0.2, 0) is 6.42 Å². The van der Waals surface area contributed by atoms with Gasteiger partial charge >= 0.3 is 0 Å². The molecule has 0 aliphatic heterocycles. The molecule has 7 nitrogen and oxygen atoms in total. The molecule has 2 aromatic carbocycles. The van der Waals surface area contributed by atoms with Crippen molar-refractivity contribution in [2.75, 3.05) is 40.0 Å². The molecule has 0 radical (unpaired) electrons. The lowest BCUT2D eigenvalue weighted by Gasteiger charge is -2.15. The number of hydrogen-bond acceptors (Lipinski definition) is 5. The van der Waals surface area contributed by atoms with E-state index in [9.17, 15) is 5.11 Å². The van der Waals surface area contributed by atoms with E-state index >= 15 is 0 Å². The molecule has 2 rings (SSSR count). The molecule has 0 spiro atoms. The van der Waals surface area contributed by atoms with Gasteiger partial charge in [-0.2, -0.15) is 0 Å². The molecule has 32 heavy (non-hydrogen) atoms. The fourth-order valence-electron chi connectivity index (χ4n) is 3.05. The van der Waals surface area contributed by atoms with Crippen molar-refractivity contribution in [2.45, 2.75) is 33.3 Å². The first kappa shape index (κ1) is 27.8. The van der Waals surface area contributed by atoms with Crippen molar-refractivity contribution in [3.63, 3.8) is 0 Å². The standard InChI is InChI=1S/C24H35N3O4.HI/c1-5-25-24(27-17-21(28)19-9-8-10-20(16-19)29-4)26-14-13-18-11-12-22(30-6-2)23(15-18)31-7-3;/h8-12,15-16,21,28H,5-7,13-14,17H2,1-4H3,(H2,25,26,27);1H. The fourth-order valence-corrected chi connectivity index (χ4v) is 3.05. The van der Waals surface area contributed by atoms with Gasteiger partial charge < -0.3 is 30.0 Å². The van der Waals surface area contributed by atoms with Gasteiger partial charge in [0.15, 0.2) is 17.5 Å². The zero-order chi connectivity index (χ0) is 22.5. The molecule has 0 fully saturated rings. The Kier molecular flexibility index (Phi) is 13.5. The molecule has 1 atom stereocenters. The molecule has 1 unspecified atom stereocenters. The largest absolute Gasteiger partial charge is 0.497 e. The lowest BCUT2D eigenvalue weighted by molar-refractivity contribution is 0.186. The van der Waals surface area contributed by atoms with E-state index in [-0.39, 0.29) is 30.5 Å². The highest BCUT2D eigenvalue weighted by molar-refractivity contribution is 14.0. The van der Waals surface area contributed by atoms with E-state index in [2.05, 4.69) is 15.6 Å². The molecule has 0 saturated heterocycles. The Labute approximate surface area is 208 Å². The number of aliphatic hydroxyl groups excluding tert-OH is 1. The van der Waals surface area contributed by atoms with Crippen molar-refractivity contribution in [2.24, 2.45) is 4.99 Å². The average Bonchev–Trinajstić information content (AvgIpc) is 2.79. The van der Waals surface area contributed by atoms with Gasteiger partial charge in [0.2, 0.25) is 0 Å². The molecule has 3 N–H and O–H groups in total. The first-order valence-corrected chi connectivity index (χ1v) is 10.8. The minimum Gasteiger partial charge on any atom is -0.497 e. The third-order valence-corrected chi connectivity index (χ3v) is 4.56. The normalized spacial score (nSPS) is 11.8. The van der Waals surface area contributed by atoms with Crippen LogP contribution < -0.4 is 24.8 Å². The minimum atomic E-state index is -0.703.